The Kier molecular flexibility index (Phi) is 4.36. The Morgan fingerprint density at radius 3 is 2.38 bits per heavy atom. The van der Waals surface area contributed by atoms with Gasteiger partial charge in [0, 0.05) is 0 Å². The largest absolute Gasteiger partial charge is 0.280 e. The number of nitrogens with zero attached hydrogens (tertiary/aromatic N) is 1. The maximum Gasteiger partial charge on any atom is 0.262 e. The van der Waals surface area contributed by atoms with Gasteiger partial charge in [-0.05, 0) is 56.5 Å². The molecule has 0 aliphatic carbocycles. The fourth-order valence-electron chi connectivity index (χ4n) is 2.98. The number of rotatable bonds is 4. The normalized spacial score (nSPS) is 11.8. The number of fused-ring (bicyclic) bond motifs is 1. The molecule has 0 aliphatic heterocycles. The fraction of sp³-hybridized carbons (Fsp3) is 0.278. The molecule has 126 valence electrons. The van der Waals surface area contributed by atoms with Gasteiger partial charge in [-0.2, -0.15) is 0 Å². The first kappa shape index (κ1) is 16.9. The van der Waals surface area contributed by atoms with E-state index in [4.69, 9.17) is 0 Å². The van der Waals surface area contributed by atoms with Crippen molar-refractivity contribution >= 4 is 37.3 Å². The summed E-state index contributed by atoms with van der Waals surface area (Å²) >= 11 is 1.60. The summed E-state index contributed by atoms with van der Waals surface area (Å²) in [7, 11) is -3.62. The lowest BCUT2D eigenvalue weighted by Crippen LogP contribution is -2.15. The molecule has 2 aromatic carbocycles. The molecule has 3 aromatic rings. The monoisotopic (exact) mass is 360 g/mol. The third-order valence-electron chi connectivity index (χ3n) is 3.86. The number of aromatic nitrogens is 1. The second-order valence-corrected chi connectivity index (χ2v) is 8.71. The highest BCUT2D eigenvalue weighted by molar-refractivity contribution is 7.92. The van der Waals surface area contributed by atoms with Gasteiger partial charge in [0.25, 0.3) is 10.0 Å². The zero-order chi connectivity index (χ0) is 17.5. The standard InChI is InChI=1S/C18H20N2O2S2/c1-5-17-19-15-7-6-14(10-16(15)23-17)20-24(21,22)18-12(3)8-11(2)9-13(18)4/h6-10,20H,5H2,1-4H3. The first-order chi connectivity index (χ1) is 11.3. The number of aryl methyl sites for hydroxylation is 4. The molecule has 4 nitrogen and oxygen atoms in total. The minimum Gasteiger partial charge on any atom is -0.280 e. The lowest BCUT2D eigenvalue weighted by molar-refractivity contribution is 0.600. The zero-order valence-electron chi connectivity index (χ0n) is 14.2. The van der Waals surface area contributed by atoms with Crippen molar-refractivity contribution in [2.45, 2.75) is 39.0 Å². The van der Waals surface area contributed by atoms with E-state index in [0.29, 0.717) is 10.6 Å². The van der Waals surface area contributed by atoms with Gasteiger partial charge in [0.2, 0.25) is 0 Å². The van der Waals surface area contributed by atoms with Crippen LogP contribution in [0.25, 0.3) is 10.2 Å². The van der Waals surface area contributed by atoms with E-state index >= 15 is 0 Å². The summed E-state index contributed by atoms with van der Waals surface area (Å²) < 4.78 is 29.4. The van der Waals surface area contributed by atoms with Gasteiger partial charge in [-0.3, -0.25) is 4.72 Å². The van der Waals surface area contributed by atoms with E-state index in [-0.39, 0.29) is 0 Å². The van der Waals surface area contributed by atoms with E-state index in [9.17, 15) is 8.42 Å². The van der Waals surface area contributed by atoms with Gasteiger partial charge in [0.15, 0.2) is 0 Å². The SMILES string of the molecule is CCc1nc2ccc(NS(=O)(=O)c3c(C)cc(C)cc3C)cc2s1. The Labute approximate surface area is 146 Å². The minimum absolute atomic E-state index is 0.353. The van der Waals surface area contributed by atoms with Gasteiger partial charge >= 0.3 is 0 Å². The topological polar surface area (TPSA) is 59.1 Å². The van der Waals surface area contributed by atoms with Crippen LogP contribution in [0.1, 0.15) is 28.6 Å². The number of hydrogen-bond acceptors (Lipinski definition) is 4. The number of thiazole rings is 1. The third-order valence-corrected chi connectivity index (χ3v) is 6.71. The van der Waals surface area contributed by atoms with E-state index in [0.717, 1.165) is 38.3 Å². The van der Waals surface area contributed by atoms with Crippen LogP contribution in [-0.2, 0) is 16.4 Å². The molecule has 0 radical (unpaired) electrons. The molecular formula is C18H20N2O2S2. The van der Waals surface area contributed by atoms with E-state index in [1.54, 1.807) is 17.4 Å². The molecule has 1 heterocycles. The number of hydrogen-bond donors (Lipinski definition) is 1. The smallest absolute Gasteiger partial charge is 0.262 e. The molecule has 0 fully saturated rings. The van der Waals surface area contributed by atoms with Gasteiger partial charge in [-0.1, -0.05) is 24.6 Å². The van der Waals surface area contributed by atoms with Crippen LogP contribution in [0.4, 0.5) is 5.69 Å². The fourth-order valence-corrected chi connectivity index (χ4v) is 5.44. The predicted molar refractivity (Wildman–Crippen MR) is 100 cm³/mol. The maximum absolute atomic E-state index is 12.8. The lowest BCUT2D eigenvalue weighted by Gasteiger charge is -2.14. The van der Waals surface area contributed by atoms with Gasteiger partial charge in [-0.15, -0.1) is 11.3 Å². The first-order valence-electron chi connectivity index (χ1n) is 7.80. The average Bonchev–Trinajstić information content (AvgIpc) is 2.87. The highest BCUT2D eigenvalue weighted by atomic mass is 32.2. The quantitative estimate of drug-likeness (QED) is 0.740. The van der Waals surface area contributed by atoms with Crippen LogP contribution in [-0.4, -0.2) is 13.4 Å². The van der Waals surface area contributed by atoms with Crippen molar-refractivity contribution in [2.75, 3.05) is 4.72 Å². The van der Waals surface area contributed by atoms with Crippen molar-refractivity contribution in [3.8, 4) is 0 Å². The number of sulfonamides is 1. The average molecular weight is 361 g/mol. The molecule has 24 heavy (non-hydrogen) atoms. The van der Waals surface area contributed by atoms with Gasteiger partial charge < -0.3 is 0 Å². The molecule has 6 heteroatoms. The van der Waals surface area contributed by atoms with Crippen LogP contribution < -0.4 is 4.72 Å². The van der Waals surface area contributed by atoms with Crippen molar-refractivity contribution in [1.29, 1.82) is 0 Å². The first-order valence-corrected chi connectivity index (χ1v) is 10.1. The van der Waals surface area contributed by atoms with Crippen LogP contribution in [0, 0.1) is 20.8 Å². The summed E-state index contributed by atoms with van der Waals surface area (Å²) in [5.74, 6) is 0. The van der Waals surface area contributed by atoms with Crippen molar-refractivity contribution in [3.63, 3.8) is 0 Å². The molecule has 3 rings (SSSR count). The summed E-state index contributed by atoms with van der Waals surface area (Å²) in [6.45, 7) is 7.68. The second kappa shape index (κ2) is 6.18. The van der Waals surface area contributed by atoms with E-state index in [1.807, 2.05) is 45.0 Å². The molecule has 0 amide bonds. The summed E-state index contributed by atoms with van der Waals surface area (Å²) in [6, 6.07) is 9.25. The molecule has 0 unspecified atom stereocenters. The Morgan fingerprint density at radius 1 is 1.08 bits per heavy atom. The van der Waals surface area contributed by atoms with Gasteiger partial charge in [0.05, 0.1) is 25.8 Å². The molecule has 1 N–H and O–H groups in total. The van der Waals surface area contributed by atoms with Crippen LogP contribution >= 0.6 is 11.3 Å². The van der Waals surface area contributed by atoms with Crippen molar-refractivity contribution in [2.24, 2.45) is 0 Å². The van der Waals surface area contributed by atoms with Crippen molar-refractivity contribution < 1.29 is 8.42 Å². The zero-order valence-corrected chi connectivity index (χ0v) is 15.8. The molecule has 0 bridgehead atoms. The van der Waals surface area contributed by atoms with E-state index in [1.165, 1.54) is 0 Å². The molecule has 0 atom stereocenters. The summed E-state index contributed by atoms with van der Waals surface area (Å²) in [5.41, 5.74) is 4.04. The molecule has 0 saturated heterocycles. The summed E-state index contributed by atoms with van der Waals surface area (Å²) in [6.07, 6.45) is 0.877. The molecule has 0 aliphatic rings. The van der Waals surface area contributed by atoms with Crippen LogP contribution in [0.2, 0.25) is 0 Å². The van der Waals surface area contributed by atoms with Crippen molar-refractivity contribution in [3.05, 3.63) is 52.0 Å². The number of benzene rings is 2. The Morgan fingerprint density at radius 2 is 1.75 bits per heavy atom. The third kappa shape index (κ3) is 3.16. The molecule has 0 spiro atoms. The predicted octanol–water partition coefficient (Wildman–Crippen LogP) is 4.58. The number of anilines is 1. The maximum atomic E-state index is 12.8. The summed E-state index contributed by atoms with van der Waals surface area (Å²) in [4.78, 5) is 4.86. The van der Waals surface area contributed by atoms with E-state index < -0.39 is 10.0 Å². The van der Waals surface area contributed by atoms with Gasteiger partial charge in [0.1, 0.15) is 0 Å². The Bertz CT molecular complexity index is 998. The van der Waals surface area contributed by atoms with Crippen molar-refractivity contribution in [1.82, 2.24) is 4.98 Å². The highest BCUT2D eigenvalue weighted by Gasteiger charge is 2.20. The molecule has 1 aromatic heterocycles. The van der Waals surface area contributed by atoms with Crippen LogP contribution in [0.3, 0.4) is 0 Å². The Hall–Kier alpha value is -1.92. The number of nitrogens with one attached hydrogen (secondary N) is 1. The lowest BCUT2D eigenvalue weighted by atomic mass is 10.1. The minimum atomic E-state index is -3.62. The van der Waals surface area contributed by atoms with Gasteiger partial charge in [-0.25, -0.2) is 13.4 Å². The molecular weight excluding hydrogens is 340 g/mol. The Balaban J connectivity index is 2.00. The molecule has 0 saturated carbocycles. The summed E-state index contributed by atoms with van der Waals surface area (Å²) in [5, 5.41) is 1.05. The second-order valence-electron chi connectivity index (χ2n) is 5.98. The van der Waals surface area contributed by atoms with Crippen LogP contribution in [0.5, 0.6) is 0 Å². The van der Waals surface area contributed by atoms with Crippen LogP contribution in [0.15, 0.2) is 35.2 Å². The van der Waals surface area contributed by atoms with E-state index in [2.05, 4.69) is 16.6 Å². The highest BCUT2D eigenvalue weighted by Crippen LogP contribution is 2.28.